The van der Waals surface area contributed by atoms with E-state index in [0.29, 0.717) is 5.56 Å². The minimum Gasteiger partial charge on any atom is -0.493 e. The summed E-state index contributed by atoms with van der Waals surface area (Å²) in [6, 6.07) is 12.3. The number of nitrogens with one attached hydrogen (secondary N) is 2. The summed E-state index contributed by atoms with van der Waals surface area (Å²) in [5.41, 5.74) is 2.40. The molecule has 1 aromatic heterocycles. The minimum atomic E-state index is -4.47. The third-order valence-corrected chi connectivity index (χ3v) is 4.33. The quantitative estimate of drug-likeness (QED) is 0.223. The topological polar surface area (TPSA) is 102 Å². The first-order valence-corrected chi connectivity index (χ1v) is 9.79. The summed E-state index contributed by atoms with van der Waals surface area (Å²) in [7, 11) is 1.40. The van der Waals surface area contributed by atoms with Crippen LogP contribution < -0.4 is 20.2 Å². The lowest BCUT2D eigenvalue weighted by Crippen LogP contribution is -2.26. The number of ether oxygens (including phenoxy) is 2. The highest BCUT2D eigenvalue weighted by Gasteiger charge is 2.30. The van der Waals surface area contributed by atoms with E-state index < -0.39 is 23.6 Å². The zero-order valence-corrected chi connectivity index (χ0v) is 17.8. The average molecular weight is 472 g/mol. The fourth-order valence-corrected chi connectivity index (χ4v) is 2.70. The zero-order valence-electron chi connectivity index (χ0n) is 17.8. The van der Waals surface area contributed by atoms with E-state index in [2.05, 4.69) is 20.8 Å². The predicted octanol–water partition coefficient (Wildman–Crippen LogP) is 3.89. The number of pyridine rings is 1. The monoisotopic (exact) mass is 472 g/mol. The van der Waals surface area contributed by atoms with Gasteiger partial charge in [-0.05, 0) is 54.1 Å². The van der Waals surface area contributed by atoms with Crippen molar-refractivity contribution in [2.24, 2.45) is 5.10 Å². The van der Waals surface area contributed by atoms with Crippen LogP contribution in [0.1, 0.15) is 21.5 Å². The Balaban J connectivity index is 1.55. The number of hydrogen-bond acceptors (Lipinski definition) is 7. The van der Waals surface area contributed by atoms with E-state index >= 15 is 0 Å². The standard InChI is InChI=1S/C23H19F3N4O4/c1-33-20-10-15(7-8-19(20)34-22(32)16-4-3-9-27-13-16)12-29-30-21(31)14-28-18-6-2-5-17(11-18)23(24,25)26/h2-13,28H,14H2,1H3,(H,30,31). The van der Waals surface area contributed by atoms with E-state index in [1.54, 1.807) is 24.3 Å². The average Bonchev–Trinajstić information content (AvgIpc) is 2.83. The number of aromatic nitrogens is 1. The molecular formula is C23H19F3N4O4. The molecule has 0 radical (unpaired) electrons. The van der Waals surface area contributed by atoms with Gasteiger partial charge in [0.15, 0.2) is 11.5 Å². The van der Waals surface area contributed by atoms with Gasteiger partial charge in [-0.25, -0.2) is 10.2 Å². The second-order valence-corrected chi connectivity index (χ2v) is 6.77. The van der Waals surface area contributed by atoms with Crippen molar-refractivity contribution in [3.05, 3.63) is 83.7 Å². The highest BCUT2D eigenvalue weighted by Crippen LogP contribution is 2.30. The third kappa shape index (κ3) is 6.79. The molecule has 0 aliphatic heterocycles. The molecule has 3 rings (SSSR count). The number of rotatable bonds is 8. The maximum absolute atomic E-state index is 12.8. The Morgan fingerprint density at radius 3 is 2.62 bits per heavy atom. The molecule has 0 aliphatic rings. The molecule has 3 aromatic rings. The van der Waals surface area contributed by atoms with Crippen molar-refractivity contribution in [2.45, 2.75) is 6.18 Å². The van der Waals surface area contributed by atoms with Crippen LogP contribution in [0.5, 0.6) is 11.5 Å². The Morgan fingerprint density at radius 2 is 1.91 bits per heavy atom. The van der Waals surface area contributed by atoms with Crippen LogP contribution in [0, 0.1) is 0 Å². The second kappa shape index (κ2) is 10.9. The lowest BCUT2D eigenvalue weighted by atomic mass is 10.2. The number of carbonyl (C=O) groups is 2. The van der Waals surface area contributed by atoms with Crippen LogP contribution in [0.4, 0.5) is 18.9 Å². The molecule has 1 heterocycles. The number of halogens is 3. The molecule has 0 spiro atoms. The largest absolute Gasteiger partial charge is 0.493 e. The molecule has 8 nitrogen and oxygen atoms in total. The van der Waals surface area contributed by atoms with Gasteiger partial charge >= 0.3 is 12.1 Å². The number of benzene rings is 2. The molecule has 0 saturated carbocycles. The van der Waals surface area contributed by atoms with Crippen molar-refractivity contribution in [1.29, 1.82) is 0 Å². The van der Waals surface area contributed by atoms with Gasteiger partial charge < -0.3 is 14.8 Å². The number of anilines is 1. The lowest BCUT2D eigenvalue weighted by Gasteiger charge is -2.10. The maximum atomic E-state index is 12.8. The first kappa shape index (κ1) is 24.2. The Labute approximate surface area is 192 Å². The highest BCUT2D eigenvalue weighted by molar-refractivity contribution is 5.91. The molecule has 0 unspecified atom stereocenters. The summed E-state index contributed by atoms with van der Waals surface area (Å²) in [6.07, 6.45) is -0.235. The summed E-state index contributed by atoms with van der Waals surface area (Å²) in [4.78, 5) is 28.0. The second-order valence-electron chi connectivity index (χ2n) is 6.77. The number of alkyl halides is 3. The summed E-state index contributed by atoms with van der Waals surface area (Å²) in [5.74, 6) is -0.724. The van der Waals surface area contributed by atoms with Gasteiger partial charge in [0.05, 0.1) is 31.0 Å². The van der Waals surface area contributed by atoms with E-state index in [9.17, 15) is 22.8 Å². The smallest absolute Gasteiger partial charge is 0.416 e. The van der Waals surface area contributed by atoms with E-state index in [1.165, 1.54) is 43.9 Å². The van der Waals surface area contributed by atoms with Gasteiger partial charge in [-0.1, -0.05) is 6.07 Å². The van der Waals surface area contributed by atoms with E-state index in [-0.39, 0.29) is 29.3 Å². The SMILES string of the molecule is COc1cc(C=NNC(=O)CNc2cccc(C(F)(F)F)c2)ccc1OC(=O)c1cccnc1. The van der Waals surface area contributed by atoms with Crippen LogP contribution >= 0.6 is 0 Å². The first-order chi connectivity index (χ1) is 16.3. The lowest BCUT2D eigenvalue weighted by molar-refractivity contribution is -0.137. The third-order valence-electron chi connectivity index (χ3n) is 4.33. The molecule has 0 bridgehead atoms. The molecule has 0 fully saturated rings. The first-order valence-electron chi connectivity index (χ1n) is 9.79. The van der Waals surface area contributed by atoms with Crippen LogP contribution in [-0.2, 0) is 11.0 Å². The normalized spacial score (nSPS) is 11.2. The Kier molecular flexibility index (Phi) is 7.80. The molecule has 176 valence electrons. The zero-order chi connectivity index (χ0) is 24.6. The molecule has 34 heavy (non-hydrogen) atoms. The fourth-order valence-electron chi connectivity index (χ4n) is 2.70. The van der Waals surface area contributed by atoms with Crippen molar-refractivity contribution in [1.82, 2.24) is 10.4 Å². The van der Waals surface area contributed by atoms with Gasteiger partial charge in [-0.2, -0.15) is 18.3 Å². The number of esters is 1. The fraction of sp³-hybridized carbons (Fsp3) is 0.130. The number of nitrogens with zero attached hydrogens (tertiary/aromatic N) is 2. The number of hydrazone groups is 1. The summed E-state index contributed by atoms with van der Waals surface area (Å²) < 4.78 is 48.8. The van der Waals surface area contributed by atoms with E-state index in [1.807, 2.05) is 0 Å². The van der Waals surface area contributed by atoms with E-state index in [0.717, 1.165) is 12.1 Å². The van der Waals surface area contributed by atoms with Crippen molar-refractivity contribution < 1.29 is 32.2 Å². The van der Waals surface area contributed by atoms with Gasteiger partial charge in [0.25, 0.3) is 5.91 Å². The number of carbonyl (C=O) groups excluding carboxylic acids is 2. The highest BCUT2D eigenvalue weighted by atomic mass is 19.4. The number of hydrogen-bond donors (Lipinski definition) is 2. The summed E-state index contributed by atoms with van der Waals surface area (Å²) in [6.45, 7) is -0.287. The van der Waals surface area contributed by atoms with Crippen LogP contribution in [0.3, 0.4) is 0 Å². The Bertz CT molecular complexity index is 1180. The predicted molar refractivity (Wildman–Crippen MR) is 118 cm³/mol. The van der Waals surface area contributed by atoms with Crippen molar-refractivity contribution >= 4 is 23.8 Å². The van der Waals surface area contributed by atoms with Gasteiger partial charge in [0.1, 0.15) is 0 Å². The number of methoxy groups -OCH3 is 1. The maximum Gasteiger partial charge on any atom is 0.416 e. The van der Waals surface area contributed by atoms with Gasteiger partial charge in [-0.15, -0.1) is 0 Å². The number of amides is 1. The molecule has 0 atom stereocenters. The van der Waals surface area contributed by atoms with Crippen LogP contribution in [0.25, 0.3) is 0 Å². The summed E-state index contributed by atoms with van der Waals surface area (Å²) >= 11 is 0. The van der Waals surface area contributed by atoms with Crippen LogP contribution in [-0.4, -0.2) is 36.7 Å². The van der Waals surface area contributed by atoms with E-state index in [4.69, 9.17) is 9.47 Å². The minimum absolute atomic E-state index is 0.148. The Hall–Kier alpha value is -4.41. The van der Waals surface area contributed by atoms with Crippen LogP contribution in [0.2, 0.25) is 0 Å². The molecule has 2 aromatic carbocycles. The molecule has 1 amide bonds. The van der Waals surface area contributed by atoms with Crippen molar-refractivity contribution in [2.75, 3.05) is 19.0 Å². The van der Waals surface area contributed by atoms with Gasteiger partial charge in [-0.3, -0.25) is 9.78 Å². The Morgan fingerprint density at radius 1 is 1.09 bits per heavy atom. The molecule has 0 saturated heterocycles. The van der Waals surface area contributed by atoms with Crippen molar-refractivity contribution in [3.63, 3.8) is 0 Å². The summed E-state index contributed by atoms with van der Waals surface area (Å²) in [5, 5.41) is 6.41. The molecule has 0 aliphatic carbocycles. The van der Waals surface area contributed by atoms with Crippen LogP contribution in [0.15, 0.2) is 72.1 Å². The van der Waals surface area contributed by atoms with Gasteiger partial charge in [0.2, 0.25) is 0 Å². The molecule has 11 heteroatoms. The van der Waals surface area contributed by atoms with Crippen molar-refractivity contribution in [3.8, 4) is 11.5 Å². The van der Waals surface area contributed by atoms with Gasteiger partial charge in [0, 0.05) is 18.1 Å². The molecule has 2 N–H and O–H groups in total. The molecular weight excluding hydrogens is 453 g/mol.